The van der Waals surface area contributed by atoms with Gasteiger partial charge in [-0.15, -0.1) is 0 Å². The van der Waals surface area contributed by atoms with E-state index in [1.165, 1.54) is 12.3 Å². The fraction of sp³-hybridized carbons (Fsp3) is 0.353. The number of amides is 1. The minimum Gasteiger partial charge on any atom is -0.478 e. The summed E-state index contributed by atoms with van der Waals surface area (Å²) in [6.07, 6.45) is 3.25. The molecule has 1 saturated heterocycles. The number of aryl methyl sites for hydroxylation is 1. The van der Waals surface area contributed by atoms with Gasteiger partial charge in [-0.3, -0.25) is 9.59 Å². The molecule has 24 heavy (non-hydrogen) atoms. The lowest BCUT2D eigenvalue weighted by Gasteiger charge is -2.35. The molecule has 0 aliphatic carbocycles. The second-order valence-corrected chi connectivity index (χ2v) is 5.69. The van der Waals surface area contributed by atoms with Crippen molar-refractivity contribution in [2.75, 3.05) is 37.7 Å². The van der Waals surface area contributed by atoms with Gasteiger partial charge in [0.25, 0.3) is 5.91 Å². The van der Waals surface area contributed by atoms with Crippen LogP contribution in [0.1, 0.15) is 5.69 Å². The quantitative estimate of drug-likeness (QED) is 0.898. The van der Waals surface area contributed by atoms with E-state index in [4.69, 9.17) is 4.74 Å². The number of anilines is 1. The van der Waals surface area contributed by atoms with Gasteiger partial charge in [0.1, 0.15) is 5.82 Å². The summed E-state index contributed by atoms with van der Waals surface area (Å²) in [6.45, 7) is 4.35. The van der Waals surface area contributed by atoms with Crippen molar-refractivity contribution in [1.82, 2.24) is 14.9 Å². The molecule has 1 fully saturated rings. The highest BCUT2D eigenvalue weighted by Crippen LogP contribution is 2.12. The molecule has 0 saturated carbocycles. The maximum absolute atomic E-state index is 12.2. The van der Waals surface area contributed by atoms with Crippen LogP contribution < -0.4 is 15.1 Å². The van der Waals surface area contributed by atoms with Gasteiger partial charge in [-0.2, -0.15) is 0 Å². The molecular formula is C17H20N4O3. The average Bonchev–Trinajstić information content (AvgIpc) is 2.62. The Hall–Kier alpha value is -2.83. The smallest absolute Gasteiger partial charge is 0.260 e. The summed E-state index contributed by atoms with van der Waals surface area (Å²) < 4.78 is 5.36. The van der Waals surface area contributed by atoms with Gasteiger partial charge in [0.15, 0.2) is 12.4 Å². The lowest BCUT2D eigenvalue weighted by Crippen LogP contribution is -2.50. The Morgan fingerprint density at radius 1 is 1.29 bits per heavy atom. The number of aromatic nitrogens is 2. The first-order valence-corrected chi connectivity index (χ1v) is 7.89. The van der Waals surface area contributed by atoms with Gasteiger partial charge in [0, 0.05) is 50.3 Å². The molecule has 7 nitrogen and oxygen atoms in total. The van der Waals surface area contributed by atoms with Crippen molar-refractivity contribution in [2.45, 2.75) is 6.92 Å². The van der Waals surface area contributed by atoms with E-state index >= 15 is 0 Å². The molecule has 1 aliphatic rings. The first-order valence-electron chi connectivity index (χ1n) is 7.89. The second-order valence-electron chi connectivity index (χ2n) is 5.69. The minimum absolute atomic E-state index is 0.115. The van der Waals surface area contributed by atoms with Crippen molar-refractivity contribution in [3.63, 3.8) is 0 Å². The van der Waals surface area contributed by atoms with Crippen LogP contribution in [-0.4, -0.2) is 53.6 Å². The van der Waals surface area contributed by atoms with Gasteiger partial charge in [-0.05, 0) is 19.1 Å². The Morgan fingerprint density at radius 2 is 2.08 bits per heavy atom. The molecule has 3 rings (SSSR count). The number of piperazine rings is 1. The van der Waals surface area contributed by atoms with Gasteiger partial charge in [-0.25, -0.2) is 4.98 Å². The molecular weight excluding hydrogens is 308 g/mol. The molecule has 2 aromatic rings. The lowest BCUT2D eigenvalue weighted by atomic mass is 10.3. The van der Waals surface area contributed by atoms with Crippen LogP contribution in [0.3, 0.4) is 0 Å². The zero-order valence-electron chi connectivity index (χ0n) is 13.6. The first kappa shape index (κ1) is 16.0. The molecule has 126 valence electrons. The number of carbonyl (C=O) groups is 1. The van der Waals surface area contributed by atoms with E-state index in [1.807, 2.05) is 18.2 Å². The summed E-state index contributed by atoms with van der Waals surface area (Å²) in [4.78, 5) is 35.1. The Labute approximate surface area is 139 Å². The number of rotatable bonds is 4. The molecule has 0 atom stereocenters. The maximum atomic E-state index is 12.2. The molecule has 0 radical (unpaired) electrons. The number of nitrogens with one attached hydrogen (secondary N) is 1. The SMILES string of the molecule is Cc1cc(=O)c(OCC(=O)N2CCN(c3ccccn3)CC2)c[nH]1. The topological polar surface area (TPSA) is 78.5 Å². The van der Waals surface area contributed by atoms with Crippen molar-refractivity contribution < 1.29 is 9.53 Å². The lowest BCUT2D eigenvalue weighted by molar-refractivity contribution is -0.133. The molecule has 3 heterocycles. The van der Waals surface area contributed by atoms with Gasteiger partial charge in [0.2, 0.25) is 5.43 Å². The van der Waals surface area contributed by atoms with Crippen molar-refractivity contribution in [3.05, 3.63) is 52.6 Å². The molecule has 0 aromatic carbocycles. The predicted molar refractivity (Wildman–Crippen MR) is 90.3 cm³/mol. The number of pyridine rings is 2. The summed E-state index contributed by atoms with van der Waals surface area (Å²) in [5, 5.41) is 0. The van der Waals surface area contributed by atoms with Crippen LogP contribution in [0.15, 0.2) is 41.5 Å². The van der Waals surface area contributed by atoms with E-state index in [2.05, 4.69) is 14.9 Å². The fourth-order valence-corrected chi connectivity index (χ4v) is 2.63. The van der Waals surface area contributed by atoms with Crippen LogP contribution in [-0.2, 0) is 4.79 Å². The highest BCUT2D eigenvalue weighted by Gasteiger charge is 2.22. The maximum Gasteiger partial charge on any atom is 0.260 e. The molecule has 0 spiro atoms. The zero-order chi connectivity index (χ0) is 16.9. The van der Waals surface area contributed by atoms with Crippen molar-refractivity contribution in [3.8, 4) is 5.75 Å². The van der Waals surface area contributed by atoms with Crippen LogP contribution in [0.5, 0.6) is 5.75 Å². The minimum atomic E-state index is -0.223. The van der Waals surface area contributed by atoms with Gasteiger partial charge >= 0.3 is 0 Å². The molecule has 0 bridgehead atoms. The normalized spacial score (nSPS) is 14.5. The summed E-state index contributed by atoms with van der Waals surface area (Å²) in [5.41, 5.74) is 0.531. The Morgan fingerprint density at radius 3 is 2.75 bits per heavy atom. The summed E-state index contributed by atoms with van der Waals surface area (Å²) >= 11 is 0. The third-order valence-electron chi connectivity index (χ3n) is 3.98. The standard InChI is InChI=1S/C17H20N4O3/c1-13-10-14(22)15(11-19-13)24-12-17(23)21-8-6-20(7-9-21)16-4-2-3-5-18-16/h2-5,10-11H,6-9,12H2,1H3,(H,19,22). The Balaban J connectivity index is 1.51. The van der Waals surface area contributed by atoms with E-state index in [0.717, 1.165) is 24.6 Å². The molecule has 0 unspecified atom stereocenters. The van der Waals surface area contributed by atoms with Crippen LogP contribution >= 0.6 is 0 Å². The van der Waals surface area contributed by atoms with Crippen molar-refractivity contribution in [2.24, 2.45) is 0 Å². The van der Waals surface area contributed by atoms with E-state index in [-0.39, 0.29) is 23.7 Å². The van der Waals surface area contributed by atoms with E-state index < -0.39 is 0 Å². The monoisotopic (exact) mass is 328 g/mol. The molecule has 7 heteroatoms. The van der Waals surface area contributed by atoms with Crippen LogP contribution in [0.4, 0.5) is 5.82 Å². The summed E-state index contributed by atoms with van der Waals surface area (Å²) in [6, 6.07) is 7.25. The zero-order valence-corrected chi connectivity index (χ0v) is 13.6. The molecule has 1 amide bonds. The molecule has 1 N–H and O–H groups in total. The van der Waals surface area contributed by atoms with Crippen LogP contribution in [0, 0.1) is 6.92 Å². The third-order valence-corrected chi connectivity index (χ3v) is 3.98. The number of ether oxygens (including phenoxy) is 1. The Bertz CT molecular complexity index is 752. The van der Waals surface area contributed by atoms with Crippen molar-refractivity contribution >= 4 is 11.7 Å². The first-order chi connectivity index (χ1) is 11.6. The number of nitrogens with zero attached hydrogens (tertiary/aromatic N) is 3. The molecule has 2 aromatic heterocycles. The summed E-state index contributed by atoms with van der Waals surface area (Å²) in [7, 11) is 0. The van der Waals surface area contributed by atoms with E-state index in [0.29, 0.717) is 13.1 Å². The largest absolute Gasteiger partial charge is 0.478 e. The fourth-order valence-electron chi connectivity index (χ4n) is 2.63. The van der Waals surface area contributed by atoms with Crippen LogP contribution in [0.25, 0.3) is 0 Å². The average molecular weight is 328 g/mol. The number of H-pyrrole nitrogens is 1. The number of aromatic amines is 1. The van der Waals surface area contributed by atoms with Crippen LogP contribution in [0.2, 0.25) is 0 Å². The Kier molecular flexibility index (Phi) is 4.79. The van der Waals surface area contributed by atoms with Gasteiger partial charge in [0.05, 0.1) is 0 Å². The number of carbonyl (C=O) groups excluding carboxylic acids is 1. The van der Waals surface area contributed by atoms with Gasteiger partial charge < -0.3 is 19.5 Å². The second kappa shape index (κ2) is 7.16. The van der Waals surface area contributed by atoms with Gasteiger partial charge in [-0.1, -0.05) is 6.07 Å². The number of hydrogen-bond acceptors (Lipinski definition) is 5. The summed E-state index contributed by atoms with van der Waals surface area (Å²) in [5.74, 6) is 0.976. The highest BCUT2D eigenvalue weighted by molar-refractivity contribution is 5.78. The predicted octanol–water partition coefficient (Wildman–Crippen LogP) is 0.806. The van der Waals surface area contributed by atoms with E-state index in [9.17, 15) is 9.59 Å². The number of hydrogen-bond donors (Lipinski definition) is 1. The van der Waals surface area contributed by atoms with E-state index in [1.54, 1.807) is 18.0 Å². The molecule has 1 aliphatic heterocycles. The van der Waals surface area contributed by atoms with Crippen molar-refractivity contribution in [1.29, 1.82) is 0 Å². The highest BCUT2D eigenvalue weighted by atomic mass is 16.5. The third kappa shape index (κ3) is 3.73.